The molecule has 5 rings (SSSR count). The van der Waals surface area contributed by atoms with Gasteiger partial charge in [0.25, 0.3) is 11.8 Å². The van der Waals surface area contributed by atoms with Gasteiger partial charge >= 0.3 is 0 Å². The summed E-state index contributed by atoms with van der Waals surface area (Å²) < 4.78 is 5.91. The first kappa shape index (κ1) is 20.8. The molecular formula is C26H26N2O3S. The fraction of sp³-hybridized carbons (Fsp3) is 0.308. The van der Waals surface area contributed by atoms with Crippen LogP contribution in [-0.2, 0) is 11.2 Å². The highest BCUT2D eigenvalue weighted by Gasteiger charge is 2.33. The maximum absolute atomic E-state index is 13.4. The number of carbonyl (C=O) groups is 2. The molecule has 0 N–H and O–H groups in total. The van der Waals surface area contributed by atoms with Crippen LogP contribution < -0.4 is 4.74 Å². The predicted molar refractivity (Wildman–Crippen MR) is 125 cm³/mol. The number of hydrogen-bond acceptors (Lipinski definition) is 4. The number of amides is 2. The Balaban J connectivity index is 1.44. The van der Waals surface area contributed by atoms with Crippen molar-refractivity contribution in [2.45, 2.75) is 25.3 Å². The number of carbonyl (C=O) groups excluding carboxylic acids is 2. The quantitative estimate of drug-likeness (QED) is 0.578. The summed E-state index contributed by atoms with van der Waals surface area (Å²) in [6.07, 6.45) is 2.93. The molecule has 5 nitrogen and oxygen atoms in total. The summed E-state index contributed by atoms with van der Waals surface area (Å²) in [4.78, 5) is 30.3. The highest BCUT2D eigenvalue weighted by atomic mass is 32.1. The Labute approximate surface area is 192 Å². The summed E-state index contributed by atoms with van der Waals surface area (Å²) in [5.74, 6) is 0.756. The van der Waals surface area contributed by atoms with Crippen molar-refractivity contribution in [2.24, 2.45) is 0 Å². The lowest BCUT2D eigenvalue weighted by Crippen LogP contribution is -2.40. The summed E-state index contributed by atoms with van der Waals surface area (Å²) in [5.41, 5.74) is 3.36. The Bertz CT molecular complexity index is 1090. The second kappa shape index (κ2) is 9.17. The van der Waals surface area contributed by atoms with Crippen molar-refractivity contribution in [3.63, 3.8) is 0 Å². The van der Waals surface area contributed by atoms with Crippen LogP contribution in [0.3, 0.4) is 0 Å². The SMILES string of the molecule is O=C(COc1ccc2c(c1)C(c1ccccc1)N(C(=O)c1cccs1)CC2)N1CCCC1. The van der Waals surface area contributed by atoms with Crippen LogP contribution in [0.15, 0.2) is 66.0 Å². The molecule has 6 heteroatoms. The van der Waals surface area contributed by atoms with E-state index in [0.29, 0.717) is 12.3 Å². The maximum atomic E-state index is 13.4. The number of ether oxygens (including phenoxy) is 1. The zero-order chi connectivity index (χ0) is 21.9. The minimum Gasteiger partial charge on any atom is -0.484 e. The lowest BCUT2D eigenvalue weighted by molar-refractivity contribution is -0.132. The minimum absolute atomic E-state index is 0.0364. The fourth-order valence-electron chi connectivity index (χ4n) is 4.64. The molecule has 164 valence electrons. The van der Waals surface area contributed by atoms with Gasteiger partial charge in [-0.1, -0.05) is 42.5 Å². The van der Waals surface area contributed by atoms with Crippen LogP contribution in [0, 0.1) is 0 Å². The first-order chi connectivity index (χ1) is 15.7. The normalized spacial score (nSPS) is 17.8. The van der Waals surface area contributed by atoms with Gasteiger partial charge in [0, 0.05) is 19.6 Å². The van der Waals surface area contributed by atoms with Gasteiger partial charge < -0.3 is 14.5 Å². The molecule has 0 spiro atoms. The second-order valence-corrected chi connectivity index (χ2v) is 9.22. The number of rotatable bonds is 5. The van der Waals surface area contributed by atoms with Crippen LogP contribution in [-0.4, -0.2) is 47.9 Å². The number of benzene rings is 2. The lowest BCUT2D eigenvalue weighted by atomic mass is 9.88. The van der Waals surface area contributed by atoms with Crippen molar-refractivity contribution >= 4 is 23.2 Å². The number of fused-ring (bicyclic) bond motifs is 1. The van der Waals surface area contributed by atoms with Gasteiger partial charge in [-0.3, -0.25) is 9.59 Å². The largest absolute Gasteiger partial charge is 0.484 e. The molecule has 2 aliphatic rings. The van der Waals surface area contributed by atoms with Gasteiger partial charge in [0.15, 0.2) is 6.61 Å². The van der Waals surface area contributed by atoms with Gasteiger partial charge in [-0.15, -0.1) is 11.3 Å². The first-order valence-corrected chi connectivity index (χ1v) is 12.0. The Morgan fingerprint density at radius 2 is 1.78 bits per heavy atom. The summed E-state index contributed by atoms with van der Waals surface area (Å²) in [7, 11) is 0. The fourth-order valence-corrected chi connectivity index (χ4v) is 5.32. The van der Waals surface area contributed by atoms with Gasteiger partial charge in [-0.25, -0.2) is 0 Å². The van der Waals surface area contributed by atoms with E-state index in [1.807, 2.05) is 57.6 Å². The van der Waals surface area contributed by atoms with Crippen LogP contribution in [0.25, 0.3) is 0 Å². The molecule has 0 radical (unpaired) electrons. The van der Waals surface area contributed by atoms with Gasteiger partial charge in [0.1, 0.15) is 5.75 Å². The van der Waals surface area contributed by atoms with Crippen molar-refractivity contribution in [1.82, 2.24) is 9.80 Å². The van der Waals surface area contributed by atoms with Crippen LogP contribution in [0.4, 0.5) is 0 Å². The summed E-state index contributed by atoms with van der Waals surface area (Å²) >= 11 is 1.47. The molecule has 1 aromatic heterocycles. The first-order valence-electron chi connectivity index (χ1n) is 11.1. The molecule has 2 amide bonds. The topological polar surface area (TPSA) is 49.9 Å². The number of likely N-dealkylation sites (tertiary alicyclic amines) is 1. The minimum atomic E-state index is -0.188. The number of hydrogen-bond donors (Lipinski definition) is 0. The van der Waals surface area contributed by atoms with Gasteiger partial charge in [-0.05, 0) is 59.5 Å². The van der Waals surface area contributed by atoms with Gasteiger partial charge in [0.05, 0.1) is 10.9 Å². The van der Waals surface area contributed by atoms with Crippen molar-refractivity contribution in [3.8, 4) is 5.75 Å². The van der Waals surface area contributed by atoms with E-state index in [-0.39, 0.29) is 24.5 Å². The van der Waals surface area contributed by atoms with Crippen LogP contribution >= 0.6 is 11.3 Å². The molecule has 2 aliphatic heterocycles. The van der Waals surface area contributed by atoms with Gasteiger partial charge in [0.2, 0.25) is 0 Å². The zero-order valence-electron chi connectivity index (χ0n) is 17.9. The third-order valence-corrected chi connectivity index (χ3v) is 7.13. The standard InChI is InChI=1S/C26H26N2O3S/c29-24(27-13-4-5-14-27)18-31-21-11-10-19-12-15-28(26(30)23-9-6-16-32-23)25(22(19)17-21)20-7-2-1-3-8-20/h1-3,6-11,16-17,25H,4-5,12-15,18H2. The molecule has 1 fully saturated rings. The molecule has 1 atom stereocenters. The summed E-state index contributed by atoms with van der Waals surface area (Å²) in [5, 5.41) is 1.94. The van der Waals surface area contributed by atoms with Crippen molar-refractivity contribution in [1.29, 1.82) is 0 Å². The van der Waals surface area contributed by atoms with Crippen LogP contribution in [0.5, 0.6) is 5.75 Å². The average molecular weight is 447 g/mol. The van der Waals surface area contributed by atoms with E-state index in [1.54, 1.807) is 0 Å². The van der Waals surface area contributed by atoms with E-state index >= 15 is 0 Å². The third kappa shape index (κ3) is 4.15. The third-order valence-electron chi connectivity index (χ3n) is 6.27. The Kier molecular flexibility index (Phi) is 5.95. The predicted octanol–water partition coefficient (Wildman–Crippen LogP) is 4.54. The van der Waals surface area contributed by atoms with E-state index in [0.717, 1.165) is 48.4 Å². The molecule has 0 aliphatic carbocycles. The molecular weight excluding hydrogens is 420 g/mol. The molecule has 0 bridgehead atoms. The smallest absolute Gasteiger partial charge is 0.264 e. The van der Waals surface area contributed by atoms with E-state index in [4.69, 9.17) is 4.74 Å². The van der Waals surface area contributed by atoms with E-state index in [2.05, 4.69) is 18.2 Å². The van der Waals surface area contributed by atoms with Crippen LogP contribution in [0.2, 0.25) is 0 Å². The van der Waals surface area contributed by atoms with Crippen molar-refractivity contribution < 1.29 is 14.3 Å². The average Bonchev–Trinajstić information content (AvgIpc) is 3.56. The van der Waals surface area contributed by atoms with Crippen LogP contribution in [0.1, 0.15) is 45.2 Å². The van der Waals surface area contributed by atoms with E-state index in [9.17, 15) is 9.59 Å². The molecule has 1 saturated heterocycles. The molecule has 0 saturated carbocycles. The maximum Gasteiger partial charge on any atom is 0.264 e. The Morgan fingerprint density at radius 3 is 2.53 bits per heavy atom. The molecule has 3 aromatic rings. The highest BCUT2D eigenvalue weighted by molar-refractivity contribution is 7.12. The second-order valence-electron chi connectivity index (χ2n) is 8.28. The van der Waals surface area contributed by atoms with E-state index in [1.165, 1.54) is 16.9 Å². The van der Waals surface area contributed by atoms with Crippen molar-refractivity contribution in [3.05, 3.63) is 87.6 Å². The summed E-state index contributed by atoms with van der Waals surface area (Å²) in [6, 6.07) is 19.8. The molecule has 3 heterocycles. The van der Waals surface area contributed by atoms with Crippen molar-refractivity contribution in [2.75, 3.05) is 26.2 Å². The summed E-state index contributed by atoms with van der Waals surface area (Å²) in [6.45, 7) is 2.36. The monoisotopic (exact) mass is 446 g/mol. The molecule has 1 unspecified atom stereocenters. The van der Waals surface area contributed by atoms with Gasteiger partial charge in [-0.2, -0.15) is 0 Å². The number of nitrogens with zero attached hydrogens (tertiary/aromatic N) is 2. The molecule has 2 aromatic carbocycles. The lowest BCUT2D eigenvalue weighted by Gasteiger charge is -2.37. The highest BCUT2D eigenvalue weighted by Crippen LogP contribution is 2.38. The Morgan fingerprint density at radius 1 is 0.969 bits per heavy atom. The van der Waals surface area contributed by atoms with E-state index < -0.39 is 0 Å². The number of thiophene rings is 1. The zero-order valence-corrected chi connectivity index (χ0v) is 18.7. The Hall–Kier alpha value is -3.12. The molecule has 32 heavy (non-hydrogen) atoms.